The van der Waals surface area contributed by atoms with Crippen molar-refractivity contribution in [1.82, 2.24) is 0 Å². The van der Waals surface area contributed by atoms with Crippen LogP contribution in [0.15, 0.2) is 24.3 Å². The molecule has 0 aromatic heterocycles. The van der Waals surface area contributed by atoms with Crippen molar-refractivity contribution < 1.29 is 23.8 Å². The number of benzene rings is 1. The fourth-order valence-electron chi connectivity index (χ4n) is 1.62. The molecule has 1 aromatic carbocycles. The topological polar surface area (TPSA) is 61.8 Å². The van der Waals surface area contributed by atoms with Crippen molar-refractivity contribution in [2.24, 2.45) is 5.92 Å². The first-order valence-corrected chi connectivity index (χ1v) is 6.30. The van der Waals surface area contributed by atoms with Gasteiger partial charge in [-0.05, 0) is 36.6 Å². The molecule has 5 heteroatoms. The van der Waals surface area contributed by atoms with Crippen LogP contribution in [-0.4, -0.2) is 26.2 Å². The van der Waals surface area contributed by atoms with E-state index < -0.39 is 5.97 Å². The van der Waals surface area contributed by atoms with Crippen LogP contribution < -0.4 is 9.47 Å². The lowest BCUT2D eigenvalue weighted by atomic mass is 10.2. The molecule has 1 fully saturated rings. The van der Waals surface area contributed by atoms with E-state index in [9.17, 15) is 9.59 Å². The van der Waals surface area contributed by atoms with Gasteiger partial charge in [-0.3, -0.25) is 4.79 Å². The smallest absolute Gasteiger partial charge is 0.330 e. The standard InChI is InChI=1S/C15H16O5/c1-18-13-9-10(4-8-14(16)19-2)3-7-12(13)20-15(17)11-5-6-11/h3-4,7-9,11H,5-6H2,1-2H3/b8-4-. The minimum absolute atomic E-state index is 0.0265. The predicted molar refractivity (Wildman–Crippen MR) is 72.4 cm³/mol. The molecular formula is C15H16O5. The normalized spacial score (nSPS) is 14.1. The van der Waals surface area contributed by atoms with Crippen LogP contribution in [0.2, 0.25) is 0 Å². The summed E-state index contributed by atoms with van der Waals surface area (Å²) in [4.78, 5) is 22.7. The highest BCUT2D eigenvalue weighted by molar-refractivity contribution is 5.87. The monoisotopic (exact) mass is 276 g/mol. The molecule has 0 radical (unpaired) electrons. The third kappa shape index (κ3) is 3.60. The Morgan fingerprint density at radius 2 is 1.95 bits per heavy atom. The van der Waals surface area contributed by atoms with Crippen LogP contribution in [0.25, 0.3) is 6.08 Å². The van der Waals surface area contributed by atoms with Crippen molar-refractivity contribution in [3.05, 3.63) is 29.8 Å². The fourth-order valence-corrected chi connectivity index (χ4v) is 1.62. The molecule has 0 spiro atoms. The first-order valence-electron chi connectivity index (χ1n) is 6.30. The number of rotatable bonds is 5. The minimum atomic E-state index is -0.437. The average molecular weight is 276 g/mol. The van der Waals surface area contributed by atoms with Crippen LogP contribution >= 0.6 is 0 Å². The van der Waals surface area contributed by atoms with Gasteiger partial charge in [0, 0.05) is 6.08 Å². The lowest BCUT2D eigenvalue weighted by Gasteiger charge is -2.09. The number of ether oxygens (including phenoxy) is 3. The Balaban J connectivity index is 2.12. The lowest BCUT2D eigenvalue weighted by Crippen LogP contribution is -2.10. The van der Waals surface area contributed by atoms with Crippen LogP contribution in [0.3, 0.4) is 0 Å². The molecule has 0 N–H and O–H groups in total. The maximum Gasteiger partial charge on any atom is 0.330 e. The van der Waals surface area contributed by atoms with Crippen molar-refractivity contribution in [2.45, 2.75) is 12.8 Å². The first kappa shape index (κ1) is 14.1. The molecule has 1 aliphatic rings. The Morgan fingerprint density at radius 1 is 1.20 bits per heavy atom. The molecule has 0 aliphatic heterocycles. The number of methoxy groups -OCH3 is 2. The average Bonchev–Trinajstić information content (AvgIpc) is 3.30. The molecule has 1 aromatic rings. The fraction of sp³-hybridized carbons (Fsp3) is 0.333. The maximum atomic E-state index is 11.6. The summed E-state index contributed by atoms with van der Waals surface area (Å²) in [6, 6.07) is 5.07. The van der Waals surface area contributed by atoms with Gasteiger partial charge < -0.3 is 14.2 Å². The Morgan fingerprint density at radius 3 is 2.55 bits per heavy atom. The zero-order chi connectivity index (χ0) is 14.5. The summed E-state index contributed by atoms with van der Waals surface area (Å²) in [6.45, 7) is 0. The molecule has 0 bridgehead atoms. The summed E-state index contributed by atoms with van der Waals surface area (Å²) in [5.74, 6) is 0.207. The van der Waals surface area contributed by atoms with E-state index in [0.29, 0.717) is 11.5 Å². The molecule has 5 nitrogen and oxygen atoms in total. The van der Waals surface area contributed by atoms with E-state index in [2.05, 4.69) is 4.74 Å². The maximum absolute atomic E-state index is 11.6. The number of esters is 2. The Hall–Kier alpha value is -2.30. The SMILES string of the molecule is COC(=O)/C=C\c1ccc(OC(=O)C2CC2)c(OC)c1. The zero-order valence-electron chi connectivity index (χ0n) is 11.4. The number of hydrogen-bond donors (Lipinski definition) is 0. The summed E-state index contributed by atoms with van der Waals surface area (Å²) in [5.41, 5.74) is 0.749. The second-order valence-electron chi connectivity index (χ2n) is 4.46. The minimum Gasteiger partial charge on any atom is -0.493 e. The third-order valence-corrected chi connectivity index (χ3v) is 2.92. The van der Waals surface area contributed by atoms with E-state index in [1.165, 1.54) is 20.3 Å². The lowest BCUT2D eigenvalue weighted by molar-refractivity contribution is -0.136. The van der Waals surface area contributed by atoms with Crippen LogP contribution in [-0.2, 0) is 14.3 Å². The van der Waals surface area contributed by atoms with Gasteiger partial charge >= 0.3 is 11.9 Å². The summed E-state index contributed by atoms with van der Waals surface area (Å²) in [6.07, 6.45) is 4.69. The molecule has 0 unspecified atom stereocenters. The van der Waals surface area contributed by atoms with Gasteiger partial charge in [0.05, 0.1) is 20.1 Å². The molecule has 0 atom stereocenters. The van der Waals surface area contributed by atoms with E-state index in [-0.39, 0.29) is 11.9 Å². The second kappa shape index (κ2) is 6.23. The Kier molecular flexibility index (Phi) is 4.40. The van der Waals surface area contributed by atoms with Crippen LogP contribution in [0.4, 0.5) is 0 Å². The Labute approximate surface area is 117 Å². The highest BCUT2D eigenvalue weighted by Gasteiger charge is 2.32. The highest BCUT2D eigenvalue weighted by atomic mass is 16.6. The summed E-state index contributed by atoms with van der Waals surface area (Å²) in [7, 11) is 2.81. The number of hydrogen-bond acceptors (Lipinski definition) is 5. The van der Waals surface area contributed by atoms with Crippen molar-refractivity contribution >= 4 is 18.0 Å². The van der Waals surface area contributed by atoms with Gasteiger partial charge in [0.2, 0.25) is 0 Å². The number of carbonyl (C=O) groups is 2. The number of carbonyl (C=O) groups excluding carboxylic acids is 2. The van der Waals surface area contributed by atoms with Gasteiger partial charge in [0.25, 0.3) is 0 Å². The third-order valence-electron chi connectivity index (χ3n) is 2.92. The van der Waals surface area contributed by atoms with E-state index in [4.69, 9.17) is 9.47 Å². The highest BCUT2D eigenvalue weighted by Crippen LogP contribution is 2.34. The molecule has 106 valence electrons. The quantitative estimate of drug-likeness (QED) is 0.468. The molecule has 0 heterocycles. The Bertz CT molecular complexity index is 543. The van der Waals surface area contributed by atoms with Crippen molar-refractivity contribution in [1.29, 1.82) is 0 Å². The molecule has 1 saturated carbocycles. The van der Waals surface area contributed by atoms with Crippen molar-refractivity contribution in [3.8, 4) is 11.5 Å². The van der Waals surface area contributed by atoms with Gasteiger partial charge in [0.1, 0.15) is 0 Å². The predicted octanol–water partition coefficient (Wildman–Crippen LogP) is 2.20. The summed E-state index contributed by atoms with van der Waals surface area (Å²) < 4.78 is 15.0. The first-order chi connectivity index (χ1) is 9.63. The van der Waals surface area contributed by atoms with Crippen LogP contribution in [0, 0.1) is 5.92 Å². The van der Waals surface area contributed by atoms with E-state index in [1.54, 1.807) is 24.3 Å². The molecule has 20 heavy (non-hydrogen) atoms. The molecule has 0 amide bonds. The molecular weight excluding hydrogens is 260 g/mol. The van der Waals surface area contributed by atoms with Crippen LogP contribution in [0.1, 0.15) is 18.4 Å². The van der Waals surface area contributed by atoms with E-state index in [1.807, 2.05) is 0 Å². The van der Waals surface area contributed by atoms with Gasteiger partial charge in [-0.2, -0.15) is 0 Å². The second-order valence-corrected chi connectivity index (χ2v) is 4.46. The van der Waals surface area contributed by atoms with Crippen LogP contribution in [0.5, 0.6) is 11.5 Å². The molecule has 2 rings (SSSR count). The van der Waals surface area contributed by atoms with Gasteiger partial charge in [0.15, 0.2) is 11.5 Å². The van der Waals surface area contributed by atoms with Crippen molar-refractivity contribution in [2.75, 3.05) is 14.2 Å². The largest absolute Gasteiger partial charge is 0.493 e. The van der Waals surface area contributed by atoms with Gasteiger partial charge in [-0.25, -0.2) is 4.79 Å². The van der Waals surface area contributed by atoms with Gasteiger partial charge in [-0.1, -0.05) is 6.07 Å². The molecule has 0 saturated heterocycles. The van der Waals surface area contributed by atoms with E-state index >= 15 is 0 Å². The summed E-state index contributed by atoms with van der Waals surface area (Å²) >= 11 is 0. The van der Waals surface area contributed by atoms with Crippen molar-refractivity contribution in [3.63, 3.8) is 0 Å². The summed E-state index contributed by atoms with van der Waals surface area (Å²) in [5, 5.41) is 0. The van der Waals surface area contributed by atoms with E-state index in [0.717, 1.165) is 18.4 Å². The van der Waals surface area contributed by atoms with Gasteiger partial charge in [-0.15, -0.1) is 0 Å². The zero-order valence-corrected chi connectivity index (χ0v) is 11.4. The molecule has 1 aliphatic carbocycles.